The van der Waals surface area contributed by atoms with E-state index in [0.29, 0.717) is 13.2 Å². The van der Waals surface area contributed by atoms with E-state index in [1.54, 1.807) is 0 Å². The van der Waals surface area contributed by atoms with Crippen molar-refractivity contribution in [3.8, 4) is 0 Å². The molecule has 0 aliphatic carbocycles. The highest BCUT2D eigenvalue weighted by molar-refractivity contribution is 6.30. The molecule has 4 nitrogen and oxygen atoms in total. The molecule has 0 saturated heterocycles. The molecule has 126 valence electrons. The topological polar surface area (TPSA) is 36.9 Å². The molecule has 2 aromatic rings. The summed E-state index contributed by atoms with van der Waals surface area (Å²) in [7, 11) is 2.04. The minimum absolute atomic E-state index is 0.0702. The van der Waals surface area contributed by atoms with Gasteiger partial charge in [0.05, 0.1) is 13.2 Å². The van der Waals surface area contributed by atoms with Crippen molar-refractivity contribution in [2.75, 3.05) is 26.7 Å². The molecular weight excluding hydrogens is 322 g/mol. The summed E-state index contributed by atoms with van der Waals surface area (Å²) >= 11 is 6.01. The first kappa shape index (κ1) is 16.8. The van der Waals surface area contributed by atoms with Crippen LogP contribution in [0.4, 0.5) is 0 Å². The van der Waals surface area contributed by atoms with Crippen LogP contribution in [-0.4, -0.2) is 37.5 Å². The van der Waals surface area contributed by atoms with Gasteiger partial charge in [0.2, 0.25) is 0 Å². The number of hydrogen-bond donors (Lipinski definition) is 1. The maximum atomic E-state index is 6.17. The standard InChI is InChI=1S/C19H22ClN3O/c1-23-12-11-21-19(23)22-13-18(16-7-9-17(20)10-8-16)24-14-15-5-3-2-4-6-15/h2-10,18H,11-14H2,1H3,(H,21,22). The Labute approximate surface area is 148 Å². The Morgan fingerprint density at radius 1 is 1.17 bits per heavy atom. The lowest BCUT2D eigenvalue weighted by Gasteiger charge is -2.22. The molecule has 0 radical (unpaired) electrons. The molecule has 1 atom stereocenters. The Morgan fingerprint density at radius 3 is 2.58 bits per heavy atom. The largest absolute Gasteiger partial charge is 0.367 e. The van der Waals surface area contributed by atoms with E-state index in [0.717, 1.165) is 35.2 Å². The molecule has 0 amide bonds. The SMILES string of the molecule is CN1CCN=C1NCC(OCc1ccccc1)c1ccc(Cl)cc1. The quantitative estimate of drug-likeness (QED) is 0.872. The number of likely N-dealkylation sites (N-methyl/N-ethyl adjacent to an activating group) is 1. The van der Waals surface area contributed by atoms with Crippen LogP contribution < -0.4 is 5.32 Å². The number of aliphatic imine (C=N–C) groups is 1. The molecule has 5 heteroatoms. The second-order valence-electron chi connectivity index (χ2n) is 5.84. The lowest BCUT2D eigenvalue weighted by atomic mass is 10.1. The molecule has 1 heterocycles. The molecule has 1 aliphatic heterocycles. The molecule has 24 heavy (non-hydrogen) atoms. The van der Waals surface area contributed by atoms with Crippen molar-refractivity contribution in [3.05, 3.63) is 70.7 Å². The molecule has 2 aromatic carbocycles. The highest BCUT2D eigenvalue weighted by atomic mass is 35.5. The minimum atomic E-state index is -0.0702. The molecule has 0 bridgehead atoms. The Balaban J connectivity index is 1.67. The van der Waals surface area contributed by atoms with E-state index in [-0.39, 0.29) is 6.10 Å². The van der Waals surface area contributed by atoms with Gasteiger partial charge in [0.1, 0.15) is 6.10 Å². The fourth-order valence-electron chi connectivity index (χ4n) is 2.63. The van der Waals surface area contributed by atoms with Crippen LogP contribution >= 0.6 is 11.6 Å². The van der Waals surface area contributed by atoms with Gasteiger partial charge < -0.3 is 15.0 Å². The van der Waals surface area contributed by atoms with Crippen molar-refractivity contribution in [2.45, 2.75) is 12.7 Å². The van der Waals surface area contributed by atoms with Crippen molar-refractivity contribution in [1.29, 1.82) is 0 Å². The van der Waals surface area contributed by atoms with Crippen LogP contribution in [0.5, 0.6) is 0 Å². The third-order valence-electron chi connectivity index (χ3n) is 4.04. The molecule has 0 aromatic heterocycles. The first-order valence-corrected chi connectivity index (χ1v) is 8.50. The molecule has 1 unspecified atom stereocenters. The lowest BCUT2D eigenvalue weighted by molar-refractivity contribution is 0.0424. The zero-order valence-corrected chi connectivity index (χ0v) is 14.5. The van der Waals surface area contributed by atoms with Crippen LogP contribution in [0.3, 0.4) is 0 Å². The first-order valence-electron chi connectivity index (χ1n) is 8.13. The summed E-state index contributed by atoms with van der Waals surface area (Å²) < 4.78 is 6.17. The van der Waals surface area contributed by atoms with Gasteiger partial charge in [-0.3, -0.25) is 4.99 Å². The van der Waals surface area contributed by atoms with Crippen LogP contribution in [0.2, 0.25) is 5.02 Å². The molecule has 0 fully saturated rings. The predicted molar refractivity (Wildman–Crippen MR) is 98.4 cm³/mol. The number of nitrogens with one attached hydrogen (secondary N) is 1. The Bertz CT molecular complexity index is 673. The van der Waals surface area contributed by atoms with Crippen molar-refractivity contribution in [2.24, 2.45) is 4.99 Å². The summed E-state index contributed by atoms with van der Waals surface area (Å²) in [6.45, 7) is 3.03. The maximum Gasteiger partial charge on any atom is 0.193 e. The van der Waals surface area contributed by atoms with Crippen molar-refractivity contribution < 1.29 is 4.74 Å². The van der Waals surface area contributed by atoms with Crippen molar-refractivity contribution >= 4 is 17.6 Å². The Hall–Kier alpha value is -2.04. The van der Waals surface area contributed by atoms with Gasteiger partial charge in [-0.1, -0.05) is 54.1 Å². The van der Waals surface area contributed by atoms with Crippen LogP contribution in [0.15, 0.2) is 59.6 Å². The number of rotatable bonds is 6. The van der Waals surface area contributed by atoms with E-state index >= 15 is 0 Å². The van der Waals surface area contributed by atoms with Crippen molar-refractivity contribution in [1.82, 2.24) is 10.2 Å². The van der Waals surface area contributed by atoms with Gasteiger partial charge in [-0.15, -0.1) is 0 Å². The molecule has 3 rings (SSSR count). The summed E-state index contributed by atoms with van der Waals surface area (Å²) in [5, 5.41) is 4.13. The van der Waals surface area contributed by atoms with Gasteiger partial charge in [0.25, 0.3) is 0 Å². The minimum Gasteiger partial charge on any atom is -0.367 e. The first-order chi connectivity index (χ1) is 11.7. The number of guanidine groups is 1. The number of nitrogens with zero attached hydrogens (tertiary/aromatic N) is 2. The van der Waals surface area contributed by atoms with Gasteiger partial charge in [-0.05, 0) is 23.3 Å². The zero-order valence-electron chi connectivity index (χ0n) is 13.8. The van der Waals surface area contributed by atoms with Crippen LogP contribution in [0.25, 0.3) is 0 Å². The predicted octanol–water partition coefficient (Wildman–Crippen LogP) is 3.49. The third kappa shape index (κ3) is 4.49. The van der Waals surface area contributed by atoms with E-state index in [2.05, 4.69) is 27.3 Å². The summed E-state index contributed by atoms with van der Waals surface area (Å²) in [6, 6.07) is 18.0. The van der Waals surface area contributed by atoms with Gasteiger partial charge in [0, 0.05) is 25.2 Å². The van der Waals surface area contributed by atoms with E-state index in [1.165, 1.54) is 0 Å². The number of benzene rings is 2. The Morgan fingerprint density at radius 2 is 1.92 bits per heavy atom. The molecular formula is C19H22ClN3O. The highest BCUT2D eigenvalue weighted by Crippen LogP contribution is 2.21. The summed E-state index contributed by atoms with van der Waals surface area (Å²) in [5.41, 5.74) is 2.26. The van der Waals surface area contributed by atoms with Gasteiger partial charge >= 0.3 is 0 Å². The van der Waals surface area contributed by atoms with Crippen molar-refractivity contribution in [3.63, 3.8) is 0 Å². The second-order valence-corrected chi connectivity index (χ2v) is 6.28. The summed E-state index contributed by atoms with van der Waals surface area (Å²) in [6.07, 6.45) is -0.0702. The maximum absolute atomic E-state index is 6.17. The van der Waals surface area contributed by atoms with E-state index in [9.17, 15) is 0 Å². The summed E-state index contributed by atoms with van der Waals surface area (Å²) in [4.78, 5) is 6.59. The van der Waals surface area contributed by atoms with E-state index < -0.39 is 0 Å². The Kier molecular flexibility index (Phi) is 5.72. The average Bonchev–Trinajstić information content (AvgIpc) is 3.02. The number of ether oxygens (including phenoxy) is 1. The second kappa shape index (κ2) is 8.18. The molecule has 1 N–H and O–H groups in total. The fraction of sp³-hybridized carbons (Fsp3) is 0.316. The van der Waals surface area contributed by atoms with Crippen LogP contribution in [0, 0.1) is 0 Å². The van der Waals surface area contributed by atoms with Gasteiger partial charge in [-0.2, -0.15) is 0 Å². The number of halogens is 1. The van der Waals surface area contributed by atoms with Gasteiger partial charge in [0.15, 0.2) is 5.96 Å². The highest BCUT2D eigenvalue weighted by Gasteiger charge is 2.17. The third-order valence-corrected chi connectivity index (χ3v) is 4.29. The monoisotopic (exact) mass is 343 g/mol. The average molecular weight is 344 g/mol. The lowest BCUT2D eigenvalue weighted by Crippen LogP contribution is -2.38. The molecule has 0 saturated carbocycles. The smallest absolute Gasteiger partial charge is 0.193 e. The van der Waals surface area contributed by atoms with Gasteiger partial charge in [-0.25, -0.2) is 0 Å². The molecule has 1 aliphatic rings. The normalized spacial score (nSPS) is 15.2. The zero-order chi connectivity index (χ0) is 16.8. The van der Waals surface area contributed by atoms with E-state index in [4.69, 9.17) is 16.3 Å². The van der Waals surface area contributed by atoms with E-state index in [1.807, 2.05) is 49.5 Å². The number of hydrogen-bond acceptors (Lipinski definition) is 4. The van der Waals surface area contributed by atoms with Crippen LogP contribution in [-0.2, 0) is 11.3 Å². The van der Waals surface area contributed by atoms with Crippen LogP contribution in [0.1, 0.15) is 17.2 Å². The summed E-state index contributed by atoms with van der Waals surface area (Å²) in [5.74, 6) is 0.928. The molecule has 0 spiro atoms. The fourth-order valence-corrected chi connectivity index (χ4v) is 2.75.